The molecule has 0 fully saturated rings. The van der Waals surface area contributed by atoms with Crippen molar-refractivity contribution in [2.24, 2.45) is 0 Å². The fourth-order valence-corrected chi connectivity index (χ4v) is 3.73. The molecular formula is C24H30N2O3. The molecule has 2 aromatic rings. The molecule has 1 atom stereocenters. The molecule has 1 heterocycles. The Hall–Kier alpha value is -2.66. The third-order valence-electron chi connectivity index (χ3n) is 5.34. The van der Waals surface area contributed by atoms with Crippen LogP contribution in [0.25, 0.3) is 10.8 Å². The molecule has 29 heavy (non-hydrogen) atoms. The van der Waals surface area contributed by atoms with Gasteiger partial charge in [0, 0.05) is 13.1 Å². The Morgan fingerprint density at radius 1 is 1.10 bits per heavy atom. The van der Waals surface area contributed by atoms with E-state index in [1.165, 1.54) is 0 Å². The van der Waals surface area contributed by atoms with Crippen molar-refractivity contribution < 1.29 is 14.7 Å². The van der Waals surface area contributed by atoms with Gasteiger partial charge in [-0.25, -0.2) is 0 Å². The first-order chi connectivity index (χ1) is 13.6. The second kappa shape index (κ2) is 7.99. The van der Waals surface area contributed by atoms with Crippen LogP contribution < -0.4 is 5.32 Å². The predicted molar refractivity (Wildman–Crippen MR) is 116 cm³/mol. The third kappa shape index (κ3) is 5.04. The van der Waals surface area contributed by atoms with E-state index in [-0.39, 0.29) is 24.3 Å². The van der Waals surface area contributed by atoms with Crippen LogP contribution in [-0.4, -0.2) is 46.6 Å². The van der Waals surface area contributed by atoms with Crippen molar-refractivity contribution in [3.8, 4) is 0 Å². The normalized spacial score (nSPS) is 17.4. The van der Waals surface area contributed by atoms with Crippen LogP contribution in [0.15, 0.2) is 54.6 Å². The summed E-state index contributed by atoms with van der Waals surface area (Å²) >= 11 is 0. The molecule has 5 nitrogen and oxygen atoms in total. The highest BCUT2D eigenvalue weighted by Crippen LogP contribution is 2.29. The number of carbonyl (C=O) groups is 2. The van der Waals surface area contributed by atoms with Crippen molar-refractivity contribution >= 4 is 22.6 Å². The molecule has 0 bridgehead atoms. The molecular weight excluding hydrogens is 364 g/mol. The Bertz CT molecular complexity index is 941. The first-order valence-corrected chi connectivity index (χ1v) is 10.0. The summed E-state index contributed by atoms with van der Waals surface area (Å²) in [4.78, 5) is 27.3. The number of nitrogens with zero attached hydrogens (tertiary/aromatic N) is 1. The first kappa shape index (κ1) is 21.1. The molecule has 5 heteroatoms. The lowest BCUT2D eigenvalue weighted by Gasteiger charge is -2.36. The average molecular weight is 395 g/mol. The second-order valence-electron chi connectivity index (χ2n) is 8.99. The van der Waals surface area contributed by atoms with Gasteiger partial charge in [-0.15, -0.1) is 0 Å². The number of benzene rings is 2. The molecule has 0 saturated carbocycles. The van der Waals surface area contributed by atoms with Gasteiger partial charge in [-0.3, -0.25) is 9.59 Å². The van der Waals surface area contributed by atoms with E-state index in [0.717, 1.165) is 16.3 Å². The van der Waals surface area contributed by atoms with Gasteiger partial charge in [-0.2, -0.15) is 0 Å². The topological polar surface area (TPSA) is 69.6 Å². The molecule has 0 aromatic heterocycles. The van der Waals surface area contributed by atoms with Gasteiger partial charge in [0.1, 0.15) is 0 Å². The Kier molecular flexibility index (Phi) is 5.80. The number of carbonyl (C=O) groups excluding carboxylic acids is 2. The summed E-state index contributed by atoms with van der Waals surface area (Å²) < 4.78 is 0. The highest BCUT2D eigenvalue weighted by atomic mass is 16.3. The molecule has 1 aliphatic heterocycles. The monoisotopic (exact) mass is 394 g/mol. The van der Waals surface area contributed by atoms with Gasteiger partial charge < -0.3 is 15.3 Å². The van der Waals surface area contributed by atoms with Crippen LogP contribution in [0.1, 0.15) is 39.7 Å². The highest BCUT2D eigenvalue weighted by Gasteiger charge is 2.35. The highest BCUT2D eigenvalue weighted by molar-refractivity contribution is 5.90. The molecule has 154 valence electrons. The number of fused-ring (bicyclic) bond motifs is 1. The SMILES string of the molecule is CC(C)(O)CC(=O)NC1C=CCN(C(=O)C(C)(C)c2ccc3ccccc3c2)C1. The van der Waals surface area contributed by atoms with E-state index in [0.29, 0.717) is 13.1 Å². The number of hydrogen-bond acceptors (Lipinski definition) is 3. The number of amides is 2. The van der Waals surface area contributed by atoms with E-state index in [1.54, 1.807) is 18.7 Å². The van der Waals surface area contributed by atoms with E-state index in [4.69, 9.17) is 0 Å². The minimum absolute atomic E-state index is 0.0217. The molecule has 2 N–H and O–H groups in total. The third-order valence-corrected chi connectivity index (χ3v) is 5.34. The molecule has 1 unspecified atom stereocenters. The van der Waals surface area contributed by atoms with Crippen LogP contribution >= 0.6 is 0 Å². The van der Waals surface area contributed by atoms with Gasteiger partial charge >= 0.3 is 0 Å². The first-order valence-electron chi connectivity index (χ1n) is 10.0. The standard InChI is InChI=1S/C24H30N2O3/c1-23(2,29)15-21(27)25-20-10-7-13-26(16-20)22(28)24(3,4)19-12-11-17-8-5-6-9-18(17)14-19/h5-12,14,20,29H,13,15-16H2,1-4H3,(H,25,27). The number of nitrogens with one attached hydrogen (secondary N) is 1. The average Bonchev–Trinajstić information content (AvgIpc) is 2.65. The summed E-state index contributed by atoms with van der Waals surface area (Å²) in [5.41, 5.74) is -0.772. The predicted octanol–water partition coefficient (Wildman–Crippen LogP) is 3.16. The molecule has 2 amide bonds. The van der Waals surface area contributed by atoms with Crippen LogP contribution in [0.3, 0.4) is 0 Å². The van der Waals surface area contributed by atoms with Crippen LogP contribution in [0.2, 0.25) is 0 Å². The Morgan fingerprint density at radius 2 is 1.79 bits per heavy atom. The zero-order chi connectivity index (χ0) is 21.2. The van der Waals surface area contributed by atoms with Crippen LogP contribution in [0.4, 0.5) is 0 Å². The van der Waals surface area contributed by atoms with Gasteiger partial charge in [0.05, 0.1) is 23.5 Å². The summed E-state index contributed by atoms with van der Waals surface area (Å²) in [6.45, 7) is 8.04. The lowest BCUT2D eigenvalue weighted by molar-refractivity contribution is -0.137. The maximum atomic E-state index is 13.4. The van der Waals surface area contributed by atoms with E-state index in [9.17, 15) is 14.7 Å². The molecule has 2 aromatic carbocycles. The molecule has 0 radical (unpaired) electrons. The summed E-state index contributed by atoms with van der Waals surface area (Å²) in [6.07, 6.45) is 3.84. The summed E-state index contributed by atoms with van der Waals surface area (Å²) in [6, 6.07) is 14.0. The lowest BCUT2D eigenvalue weighted by Crippen LogP contribution is -2.52. The summed E-state index contributed by atoms with van der Waals surface area (Å²) in [5.74, 6) is -0.200. The minimum Gasteiger partial charge on any atom is -0.390 e. The van der Waals surface area contributed by atoms with E-state index >= 15 is 0 Å². The van der Waals surface area contributed by atoms with Crippen molar-refractivity contribution in [2.75, 3.05) is 13.1 Å². The van der Waals surface area contributed by atoms with Gasteiger partial charge in [0.2, 0.25) is 11.8 Å². The van der Waals surface area contributed by atoms with Crippen molar-refractivity contribution in [3.05, 3.63) is 60.2 Å². The number of aliphatic hydroxyl groups is 1. The van der Waals surface area contributed by atoms with Crippen molar-refractivity contribution in [3.63, 3.8) is 0 Å². The Morgan fingerprint density at radius 3 is 2.48 bits per heavy atom. The van der Waals surface area contributed by atoms with Gasteiger partial charge in [-0.05, 0) is 44.0 Å². The zero-order valence-electron chi connectivity index (χ0n) is 17.6. The lowest BCUT2D eigenvalue weighted by atomic mass is 9.82. The smallest absolute Gasteiger partial charge is 0.233 e. The molecule has 0 spiro atoms. The fraction of sp³-hybridized carbons (Fsp3) is 0.417. The van der Waals surface area contributed by atoms with E-state index in [2.05, 4.69) is 29.6 Å². The van der Waals surface area contributed by atoms with Crippen LogP contribution in [-0.2, 0) is 15.0 Å². The number of hydrogen-bond donors (Lipinski definition) is 2. The zero-order valence-corrected chi connectivity index (χ0v) is 17.6. The second-order valence-corrected chi connectivity index (χ2v) is 8.99. The molecule has 0 saturated heterocycles. The van der Waals surface area contributed by atoms with Crippen LogP contribution in [0.5, 0.6) is 0 Å². The maximum Gasteiger partial charge on any atom is 0.233 e. The molecule has 1 aliphatic rings. The molecule has 0 aliphatic carbocycles. The van der Waals surface area contributed by atoms with E-state index < -0.39 is 11.0 Å². The number of rotatable bonds is 5. The van der Waals surface area contributed by atoms with E-state index in [1.807, 2.05) is 44.2 Å². The van der Waals surface area contributed by atoms with Gasteiger partial charge in [-0.1, -0.05) is 54.6 Å². The van der Waals surface area contributed by atoms with Gasteiger partial charge in [0.25, 0.3) is 0 Å². The fourth-order valence-electron chi connectivity index (χ4n) is 3.73. The quantitative estimate of drug-likeness (QED) is 0.766. The van der Waals surface area contributed by atoms with Crippen molar-refractivity contribution in [1.82, 2.24) is 10.2 Å². The Balaban J connectivity index is 1.72. The Labute approximate surface area is 172 Å². The van der Waals surface area contributed by atoms with Crippen molar-refractivity contribution in [1.29, 1.82) is 0 Å². The van der Waals surface area contributed by atoms with Crippen molar-refractivity contribution in [2.45, 2.75) is 51.2 Å². The summed E-state index contributed by atoms with van der Waals surface area (Å²) in [5, 5.41) is 15.0. The maximum absolute atomic E-state index is 13.4. The minimum atomic E-state index is -1.06. The summed E-state index contributed by atoms with van der Waals surface area (Å²) in [7, 11) is 0. The molecule has 3 rings (SSSR count). The van der Waals surface area contributed by atoms with Crippen LogP contribution in [0, 0.1) is 0 Å². The van der Waals surface area contributed by atoms with Gasteiger partial charge in [0.15, 0.2) is 0 Å². The largest absolute Gasteiger partial charge is 0.390 e.